The lowest BCUT2D eigenvalue weighted by atomic mass is 10.1. The Hall–Kier alpha value is -1.25. The van der Waals surface area contributed by atoms with Crippen molar-refractivity contribution in [2.24, 2.45) is 0 Å². The molecule has 0 rings (SSSR count). The lowest BCUT2D eigenvalue weighted by Crippen LogP contribution is -2.37. The van der Waals surface area contributed by atoms with E-state index in [9.17, 15) is 19.0 Å². The van der Waals surface area contributed by atoms with Crippen LogP contribution in [0.5, 0.6) is 0 Å². The van der Waals surface area contributed by atoms with Gasteiger partial charge in [0.2, 0.25) is 0 Å². The molecular weight excluding hydrogens is 641 g/mol. The molecule has 0 spiro atoms. The molecule has 9 nitrogen and oxygen atoms in total. The standard InChI is InChI=1S/C39H76NO8P/c1-6-8-10-12-14-16-18-19-20-21-22-24-26-28-30-32-39(42)48-37(36-47-49(43,44)46-34-33-40(3,4)5)35-45-38(41)31-29-27-25-23-17-15-13-11-9-7-2/h19-20,37H,6-18,21-36H2,1-5H3/p+1/b20-19-/t37-/m1/s1. The maximum atomic E-state index is 12.6. The molecule has 0 aliphatic carbocycles. The van der Waals surface area contributed by atoms with Crippen LogP contribution in [-0.4, -0.2) is 74.9 Å². The maximum absolute atomic E-state index is 12.6. The minimum Gasteiger partial charge on any atom is -0.462 e. The zero-order valence-electron chi connectivity index (χ0n) is 32.4. The molecule has 49 heavy (non-hydrogen) atoms. The van der Waals surface area contributed by atoms with E-state index >= 15 is 0 Å². The zero-order valence-corrected chi connectivity index (χ0v) is 33.3. The summed E-state index contributed by atoms with van der Waals surface area (Å²) in [4.78, 5) is 35.1. The van der Waals surface area contributed by atoms with E-state index < -0.39 is 26.5 Å². The molecule has 2 atom stereocenters. The molecule has 0 aliphatic rings. The molecule has 0 saturated heterocycles. The summed E-state index contributed by atoms with van der Waals surface area (Å²) in [6.07, 6.45) is 31.1. The number of nitrogens with zero attached hydrogens (tertiary/aromatic N) is 1. The number of esters is 2. The first-order valence-corrected chi connectivity index (χ1v) is 21.4. The summed E-state index contributed by atoms with van der Waals surface area (Å²) < 4.78 is 34.1. The summed E-state index contributed by atoms with van der Waals surface area (Å²) in [7, 11) is 1.48. The van der Waals surface area contributed by atoms with Crippen molar-refractivity contribution < 1.29 is 42.1 Å². The number of carbonyl (C=O) groups is 2. The van der Waals surface area contributed by atoms with Crippen molar-refractivity contribution in [3.63, 3.8) is 0 Å². The molecule has 0 aliphatic heterocycles. The molecule has 0 fully saturated rings. The van der Waals surface area contributed by atoms with Gasteiger partial charge >= 0.3 is 19.8 Å². The topological polar surface area (TPSA) is 108 Å². The Bertz CT molecular complexity index is 860. The van der Waals surface area contributed by atoms with Gasteiger partial charge in [0.05, 0.1) is 27.7 Å². The summed E-state index contributed by atoms with van der Waals surface area (Å²) in [5, 5.41) is 0. The average molecular weight is 719 g/mol. The monoisotopic (exact) mass is 719 g/mol. The molecule has 0 aromatic carbocycles. The van der Waals surface area contributed by atoms with E-state index in [1.807, 2.05) is 21.1 Å². The third-order valence-corrected chi connectivity index (χ3v) is 9.53. The van der Waals surface area contributed by atoms with Crippen molar-refractivity contribution in [1.29, 1.82) is 0 Å². The molecule has 0 aromatic rings. The van der Waals surface area contributed by atoms with E-state index in [1.165, 1.54) is 89.9 Å². The minimum absolute atomic E-state index is 0.0328. The highest BCUT2D eigenvalue weighted by Gasteiger charge is 2.27. The first-order chi connectivity index (χ1) is 23.5. The van der Waals surface area contributed by atoms with Crippen LogP contribution < -0.4 is 0 Å². The molecule has 0 bridgehead atoms. The van der Waals surface area contributed by atoms with Gasteiger partial charge in [-0.25, -0.2) is 4.57 Å². The number of unbranched alkanes of at least 4 members (excludes halogenated alkanes) is 20. The second-order valence-electron chi connectivity index (χ2n) is 14.7. The van der Waals surface area contributed by atoms with Crippen LogP contribution in [0.1, 0.15) is 174 Å². The van der Waals surface area contributed by atoms with Gasteiger partial charge in [-0.2, -0.15) is 0 Å². The third kappa shape index (κ3) is 36.3. The fourth-order valence-corrected chi connectivity index (χ4v) is 6.10. The van der Waals surface area contributed by atoms with Gasteiger partial charge in [-0.1, -0.05) is 135 Å². The van der Waals surface area contributed by atoms with Gasteiger partial charge in [0.1, 0.15) is 19.8 Å². The number of phosphoric ester groups is 1. The number of ether oxygens (including phenoxy) is 2. The summed E-state index contributed by atoms with van der Waals surface area (Å²) in [5.74, 6) is -0.806. The summed E-state index contributed by atoms with van der Waals surface area (Å²) in [5.41, 5.74) is 0. The van der Waals surface area contributed by atoms with Gasteiger partial charge in [0, 0.05) is 12.8 Å². The van der Waals surface area contributed by atoms with Crippen LogP contribution in [0.25, 0.3) is 0 Å². The summed E-state index contributed by atoms with van der Waals surface area (Å²) in [6, 6.07) is 0. The molecule has 290 valence electrons. The van der Waals surface area contributed by atoms with E-state index in [1.54, 1.807) is 0 Å². The molecule has 0 saturated carbocycles. The van der Waals surface area contributed by atoms with Gasteiger partial charge in [0.25, 0.3) is 0 Å². The van der Waals surface area contributed by atoms with Crippen molar-refractivity contribution in [2.75, 3.05) is 47.5 Å². The molecule has 0 heterocycles. The number of rotatable bonds is 36. The second-order valence-corrected chi connectivity index (χ2v) is 16.1. The lowest BCUT2D eigenvalue weighted by Gasteiger charge is -2.24. The highest BCUT2D eigenvalue weighted by Crippen LogP contribution is 2.43. The van der Waals surface area contributed by atoms with Gasteiger partial charge in [-0.05, 0) is 38.5 Å². The Morgan fingerprint density at radius 3 is 1.51 bits per heavy atom. The van der Waals surface area contributed by atoms with Crippen molar-refractivity contribution in [3.8, 4) is 0 Å². The molecule has 0 amide bonds. The molecule has 10 heteroatoms. The Kier molecular flexibility index (Phi) is 31.8. The third-order valence-electron chi connectivity index (χ3n) is 8.55. The van der Waals surface area contributed by atoms with Gasteiger partial charge in [-0.15, -0.1) is 0 Å². The van der Waals surface area contributed by atoms with Gasteiger partial charge < -0.3 is 18.9 Å². The summed E-state index contributed by atoms with van der Waals surface area (Å²) >= 11 is 0. The van der Waals surface area contributed by atoms with Crippen molar-refractivity contribution in [1.82, 2.24) is 0 Å². The number of allylic oxidation sites excluding steroid dienone is 2. The Balaban J connectivity index is 4.41. The summed E-state index contributed by atoms with van der Waals surface area (Å²) in [6.45, 7) is 4.39. The molecule has 1 N–H and O–H groups in total. The van der Waals surface area contributed by atoms with E-state index in [0.29, 0.717) is 23.9 Å². The Morgan fingerprint density at radius 2 is 1.04 bits per heavy atom. The fraction of sp³-hybridized carbons (Fsp3) is 0.897. The second kappa shape index (κ2) is 32.6. The molecule has 0 radical (unpaired) electrons. The van der Waals surface area contributed by atoms with Crippen molar-refractivity contribution in [3.05, 3.63) is 12.2 Å². The number of quaternary nitrogens is 1. The fourth-order valence-electron chi connectivity index (χ4n) is 5.36. The quantitative estimate of drug-likeness (QED) is 0.0224. The average Bonchev–Trinajstić information content (AvgIpc) is 3.04. The van der Waals surface area contributed by atoms with Crippen LogP contribution in [0.15, 0.2) is 12.2 Å². The van der Waals surface area contributed by atoms with Crippen LogP contribution in [0.2, 0.25) is 0 Å². The smallest absolute Gasteiger partial charge is 0.462 e. The number of hydrogen-bond donors (Lipinski definition) is 1. The predicted octanol–water partition coefficient (Wildman–Crippen LogP) is 10.6. The first-order valence-electron chi connectivity index (χ1n) is 19.9. The molecular formula is C39H77NO8P+. The van der Waals surface area contributed by atoms with Crippen LogP contribution >= 0.6 is 7.82 Å². The SMILES string of the molecule is CCCCCCCC/C=C\CCCCCCCC(=O)O[C@H](COC(=O)CCCCCCCCCCCC)COP(=O)(O)OCC[N+](C)(C)C. The van der Waals surface area contributed by atoms with Crippen LogP contribution in [0.4, 0.5) is 0 Å². The minimum atomic E-state index is -4.36. The van der Waals surface area contributed by atoms with E-state index in [4.69, 9.17) is 18.5 Å². The Morgan fingerprint density at radius 1 is 0.612 bits per heavy atom. The van der Waals surface area contributed by atoms with E-state index in [2.05, 4.69) is 26.0 Å². The number of phosphoric acid groups is 1. The maximum Gasteiger partial charge on any atom is 0.472 e. The molecule has 1 unspecified atom stereocenters. The molecule has 0 aromatic heterocycles. The number of likely N-dealkylation sites (N-methyl/N-ethyl adjacent to an activating group) is 1. The number of hydrogen-bond acceptors (Lipinski definition) is 7. The largest absolute Gasteiger partial charge is 0.472 e. The highest BCUT2D eigenvalue weighted by molar-refractivity contribution is 7.47. The predicted molar refractivity (Wildman–Crippen MR) is 201 cm³/mol. The highest BCUT2D eigenvalue weighted by atomic mass is 31.2. The number of carbonyl (C=O) groups excluding carboxylic acids is 2. The van der Waals surface area contributed by atoms with Crippen LogP contribution in [-0.2, 0) is 32.7 Å². The van der Waals surface area contributed by atoms with Crippen LogP contribution in [0.3, 0.4) is 0 Å². The Labute approximate surface area is 301 Å². The van der Waals surface area contributed by atoms with Crippen molar-refractivity contribution in [2.45, 2.75) is 180 Å². The normalized spacial score (nSPS) is 13.8. The van der Waals surface area contributed by atoms with Gasteiger partial charge in [-0.3, -0.25) is 18.6 Å². The zero-order chi connectivity index (χ0) is 36.5. The van der Waals surface area contributed by atoms with Gasteiger partial charge in [0.15, 0.2) is 6.10 Å². The van der Waals surface area contributed by atoms with E-state index in [0.717, 1.165) is 51.4 Å². The van der Waals surface area contributed by atoms with E-state index in [-0.39, 0.29) is 25.6 Å². The first kappa shape index (κ1) is 47.8. The lowest BCUT2D eigenvalue weighted by molar-refractivity contribution is -0.870. The van der Waals surface area contributed by atoms with Crippen molar-refractivity contribution >= 4 is 19.8 Å². The van der Waals surface area contributed by atoms with Crippen LogP contribution in [0, 0.1) is 0 Å².